The summed E-state index contributed by atoms with van der Waals surface area (Å²) in [5.41, 5.74) is 0.551. The van der Waals surface area contributed by atoms with Crippen molar-refractivity contribution in [1.82, 2.24) is 4.98 Å². The van der Waals surface area contributed by atoms with Crippen LogP contribution in [0.15, 0.2) is 18.3 Å². The van der Waals surface area contributed by atoms with Crippen LogP contribution in [0.3, 0.4) is 0 Å². The second-order valence-electron chi connectivity index (χ2n) is 4.03. The molecule has 2 rings (SSSR count). The Bertz CT molecular complexity index is 374. The summed E-state index contributed by atoms with van der Waals surface area (Å²) in [6, 6.07) is 5.62. The van der Waals surface area contributed by atoms with Crippen molar-refractivity contribution in [2.75, 3.05) is 18.5 Å². The molecule has 1 aromatic heterocycles. The van der Waals surface area contributed by atoms with E-state index >= 15 is 0 Å². The zero-order valence-electron chi connectivity index (χ0n) is 8.66. The molecule has 1 atom stereocenters. The molecule has 0 aromatic carbocycles. The van der Waals surface area contributed by atoms with Crippen LogP contribution < -0.4 is 5.32 Å². The molecule has 0 aliphatic carbocycles. The molecule has 0 radical (unpaired) electrons. The van der Waals surface area contributed by atoms with E-state index in [-0.39, 0.29) is 5.54 Å². The van der Waals surface area contributed by atoms with Crippen molar-refractivity contribution < 1.29 is 4.74 Å². The lowest BCUT2D eigenvalue weighted by atomic mass is 10.0. The first-order valence-electron chi connectivity index (χ1n) is 4.94. The van der Waals surface area contributed by atoms with Crippen molar-refractivity contribution in [2.24, 2.45) is 0 Å². The standard InChI is InChI=1S/C11H13N3O/c1-11(4-5-15-8-11)14-10-3-2-9(6-12)7-13-10/h2-3,7H,4-5,8H2,1H3,(H,13,14). The molecule has 2 heterocycles. The third-order valence-corrected chi connectivity index (χ3v) is 2.54. The predicted molar refractivity (Wildman–Crippen MR) is 56.4 cm³/mol. The Hall–Kier alpha value is -1.60. The van der Waals surface area contributed by atoms with E-state index in [1.807, 2.05) is 12.1 Å². The number of anilines is 1. The Morgan fingerprint density at radius 2 is 2.47 bits per heavy atom. The van der Waals surface area contributed by atoms with Crippen molar-refractivity contribution >= 4 is 5.82 Å². The van der Waals surface area contributed by atoms with E-state index in [0.29, 0.717) is 12.2 Å². The maximum atomic E-state index is 8.63. The molecule has 1 aliphatic rings. The van der Waals surface area contributed by atoms with Gasteiger partial charge in [-0.25, -0.2) is 4.98 Å². The number of nitriles is 1. The topological polar surface area (TPSA) is 57.9 Å². The van der Waals surface area contributed by atoms with Gasteiger partial charge in [0.2, 0.25) is 0 Å². The summed E-state index contributed by atoms with van der Waals surface area (Å²) in [6.45, 7) is 3.61. The molecule has 0 bridgehead atoms. The minimum absolute atomic E-state index is 0.0266. The van der Waals surface area contributed by atoms with Crippen LogP contribution in [0.1, 0.15) is 18.9 Å². The fraction of sp³-hybridized carbons (Fsp3) is 0.455. The zero-order chi connectivity index (χ0) is 10.7. The van der Waals surface area contributed by atoms with E-state index in [2.05, 4.69) is 17.2 Å². The summed E-state index contributed by atoms with van der Waals surface area (Å²) in [4.78, 5) is 4.17. The number of hydrogen-bond acceptors (Lipinski definition) is 4. The Kier molecular flexibility index (Phi) is 2.57. The van der Waals surface area contributed by atoms with Gasteiger partial charge in [0.15, 0.2) is 0 Å². The summed E-state index contributed by atoms with van der Waals surface area (Å²) in [5.74, 6) is 0.794. The molecule has 78 valence electrons. The third kappa shape index (κ3) is 2.25. The van der Waals surface area contributed by atoms with Gasteiger partial charge >= 0.3 is 0 Å². The van der Waals surface area contributed by atoms with Crippen LogP contribution >= 0.6 is 0 Å². The highest BCUT2D eigenvalue weighted by atomic mass is 16.5. The van der Waals surface area contributed by atoms with Gasteiger partial charge in [0, 0.05) is 12.8 Å². The van der Waals surface area contributed by atoms with Gasteiger partial charge < -0.3 is 10.1 Å². The van der Waals surface area contributed by atoms with E-state index < -0.39 is 0 Å². The minimum Gasteiger partial charge on any atom is -0.379 e. The van der Waals surface area contributed by atoms with Gasteiger partial charge in [0.1, 0.15) is 11.9 Å². The van der Waals surface area contributed by atoms with Gasteiger partial charge in [0.25, 0.3) is 0 Å². The molecule has 0 amide bonds. The Balaban J connectivity index is 2.08. The average molecular weight is 203 g/mol. The van der Waals surface area contributed by atoms with Crippen LogP contribution in [0.25, 0.3) is 0 Å². The highest BCUT2D eigenvalue weighted by Gasteiger charge is 2.29. The lowest BCUT2D eigenvalue weighted by Gasteiger charge is -2.24. The molecule has 15 heavy (non-hydrogen) atoms. The first kappa shape index (κ1) is 9.94. The Labute approximate surface area is 88.9 Å². The van der Waals surface area contributed by atoms with Gasteiger partial charge in [-0.2, -0.15) is 5.26 Å². The second-order valence-corrected chi connectivity index (χ2v) is 4.03. The molecule has 1 saturated heterocycles. The van der Waals surface area contributed by atoms with E-state index in [1.165, 1.54) is 0 Å². The minimum atomic E-state index is -0.0266. The van der Waals surface area contributed by atoms with E-state index in [4.69, 9.17) is 10.00 Å². The molecule has 0 saturated carbocycles. The predicted octanol–water partition coefficient (Wildman–Crippen LogP) is 1.54. The van der Waals surface area contributed by atoms with Crippen LogP contribution in [0.2, 0.25) is 0 Å². The summed E-state index contributed by atoms with van der Waals surface area (Å²) >= 11 is 0. The first-order chi connectivity index (χ1) is 7.22. The van der Waals surface area contributed by atoms with Gasteiger partial charge in [0.05, 0.1) is 17.7 Å². The average Bonchev–Trinajstić information content (AvgIpc) is 2.66. The molecule has 4 nitrogen and oxygen atoms in total. The van der Waals surface area contributed by atoms with Crippen molar-refractivity contribution in [3.8, 4) is 6.07 Å². The number of nitrogens with zero attached hydrogens (tertiary/aromatic N) is 2. The number of ether oxygens (including phenoxy) is 1. The van der Waals surface area contributed by atoms with E-state index in [9.17, 15) is 0 Å². The Morgan fingerprint density at radius 1 is 1.60 bits per heavy atom. The molecule has 1 aromatic rings. The van der Waals surface area contributed by atoms with Crippen LogP contribution in [-0.2, 0) is 4.74 Å². The van der Waals surface area contributed by atoms with Gasteiger partial charge in [-0.05, 0) is 25.5 Å². The van der Waals surface area contributed by atoms with E-state index in [0.717, 1.165) is 18.8 Å². The maximum absolute atomic E-state index is 8.63. The van der Waals surface area contributed by atoms with Crippen LogP contribution in [0.5, 0.6) is 0 Å². The zero-order valence-corrected chi connectivity index (χ0v) is 8.66. The summed E-state index contributed by atoms with van der Waals surface area (Å²) in [6.07, 6.45) is 2.55. The smallest absolute Gasteiger partial charge is 0.126 e. The van der Waals surface area contributed by atoms with Crippen molar-refractivity contribution in [2.45, 2.75) is 18.9 Å². The molecular weight excluding hydrogens is 190 g/mol. The normalized spacial score (nSPS) is 24.8. The molecule has 1 N–H and O–H groups in total. The van der Waals surface area contributed by atoms with Crippen LogP contribution in [0, 0.1) is 11.3 Å². The first-order valence-corrected chi connectivity index (χ1v) is 4.94. The molecule has 1 aliphatic heterocycles. The number of hydrogen-bond donors (Lipinski definition) is 1. The van der Waals surface area contributed by atoms with E-state index in [1.54, 1.807) is 12.3 Å². The SMILES string of the molecule is CC1(Nc2ccc(C#N)cn2)CCOC1. The highest BCUT2D eigenvalue weighted by molar-refractivity contribution is 5.41. The monoisotopic (exact) mass is 203 g/mol. The van der Waals surface area contributed by atoms with Crippen LogP contribution in [0.4, 0.5) is 5.82 Å². The lowest BCUT2D eigenvalue weighted by molar-refractivity contribution is 0.185. The lowest BCUT2D eigenvalue weighted by Crippen LogP contribution is -2.35. The Morgan fingerprint density at radius 3 is 3.00 bits per heavy atom. The summed E-state index contributed by atoms with van der Waals surface area (Å²) in [5, 5.41) is 12.0. The number of aromatic nitrogens is 1. The highest BCUT2D eigenvalue weighted by Crippen LogP contribution is 2.22. The van der Waals surface area contributed by atoms with Crippen LogP contribution in [-0.4, -0.2) is 23.7 Å². The summed E-state index contributed by atoms with van der Waals surface area (Å²) in [7, 11) is 0. The molecule has 1 unspecified atom stereocenters. The van der Waals surface area contributed by atoms with Crippen molar-refractivity contribution in [3.63, 3.8) is 0 Å². The second kappa shape index (κ2) is 3.87. The van der Waals surface area contributed by atoms with Crippen molar-refractivity contribution in [3.05, 3.63) is 23.9 Å². The molecular formula is C11H13N3O. The molecule has 1 fully saturated rings. The molecule has 0 spiro atoms. The number of nitrogens with one attached hydrogen (secondary N) is 1. The molecule has 4 heteroatoms. The fourth-order valence-corrected chi connectivity index (χ4v) is 1.61. The largest absolute Gasteiger partial charge is 0.379 e. The quantitative estimate of drug-likeness (QED) is 0.792. The maximum Gasteiger partial charge on any atom is 0.126 e. The third-order valence-electron chi connectivity index (χ3n) is 2.54. The van der Waals surface area contributed by atoms with Gasteiger partial charge in [-0.3, -0.25) is 0 Å². The van der Waals surface area contributed by atoms with Gasteiger partial charge in [-0.15, -0.1) is 0 Å². The van der Waals surface area contributed by atoms with Crippen molar-refractivity contribution in [1.29, 1.82) is 5.26 Å². The summed E-state index contributed by atoms with van der Waals surface area (Å²) < 4.78 is 5.33. The van der Waals surface area contributed by atoms with Gasteiger partial charge in [-0.1, -0.05) is 0 Å². The fourth-order valence-electron chi connectivity index (χ4n) is 1.61. The number of rotatable bonds is 2. The number of pyridine rings is 1.